The van der Waals surface area contributed by atoms with Crippen molar-refractivity contribution in [3.8, 4) is 0 Å². The maximum absolute atomic E-state index is 12.2. The number of aryl methyl sites for hydroxylation is 1. The number of aliphatic imine (C=N–C) groups is 1. The van der Waals surface area contributed by atoms with Gasteiger partial charge >= 0.3 is 5.97 Å². The quantitative estimate of drug-likeness (QED) is 0.516. The zero-order valence-corrected chi connectivity index (χ0v) is 16.2. The van der Waals surface area contributed by atoms with Crippen molar-refractivity contribution >= 4 is 23.6 Å². The van der Waals surface area contributed by atoms with E-state index in [0.29, 0.717) is 11.6 Å². The summed E-state index contributed by atoms with van der Waals surface area (Å²) in [5.74, 6) is -0.0437. The highest BCUT2D eigenvalue weighted by Crippen LogP contribution is 2.22. The fourth-order valence-electron chi connectivity index (χ4n) is 3.16. The number of hydrogen-bond donors (Lipinski definition) is 0. The molecule has 1 aliphatic rings. The highest BCUT2D eigenvalue weighted by molar-refractivity contribution is 6.12. The first-order chi connectivity index (χ1) is 13.1. The molecular formula is C23H26N2O2. The van der Waals surface area contributed by atoms with Crippen molar-refractivity contribution in [2.45, 2.75) is 33.6 Å². The Kier molecular flexibility index (Phi) is 6.07. The Bertz CT molecular complexity index is 860. The van der Waals surface area contributed by atoms with Gasteiger partial charge in [0.2, 0.25) is 5.90 Å². The third kappa shape index (κ3) is 4.64. The second-order valence-corrected chi connectivity index (χ2v) is 6.78. The molecule has 0 radical (unpaired) electrons. The van der Waals surface area contributed by atoms with Crippen LogP contribution >= 0.6 is 0 Å². The van der Waals surface area contributed by atoms with E-state index in [4.69, 9.17) is 4.74 Å². The predicted molar refractivity (Wildman–Crippen MR) is 111 cm³/mol. The number of ether oxygens (including phenoxy) is 1. The summed E-state index contributed by atoms with van der Waals surface area (Å²) in [6, 6.07) is 16.0. The van der Waals surface area contributed by atoms with Gasteiger partial charge in [-0.25, -0.2) is 9.79 Å². The van der Waals surface area contributed by atoms with Crippen LogP contribution in [0.1, 0.15) is 43.4 Å². The molecular weight excluding hydrogens is 336 g/mol. The molecule has 0 unspecified atom stereocenters. The van der Waals surface area contributed by atoms with E-state index in [1.807, 2.05) is 43.3 Å². The predicted octanol–water partition coefficient (Wildman–Crippen LogP) is 4.97. The minimum absolute atomic E-state index is 0.332. The van der Waals surface area contributed by atoms with Gasteiger partial charge in [-0.1, -0.05) is 43.7 Å². The first kappa shape index (κ1) is 18.9. The van der Waals surface area contributed by atoms with E-state index >= 15 is 0 Å². The summed E-state index contributed by atoms with van der Waals surface area (Å²) in [6.07, 6.45) is 4.01. The molecule has 1 heterocycles. The van der Waals surface area contributed by atoms with E-state index < -0.39 is 5.97 Å². The summed E-state index contributed by atoms with van der Waals surface area (Å²) >= 11 is 0. The van der Waals surface area contributed by atoms with Crippen molar-refractivity contribution in [3.63, 3.8) is 0 Å². The fraction of sp³-hybridized carbons (Fsp3) is 0.304. The van der Waals surface area contributed by atoms with Crippen molar-refractivity contribution < 1.29 is 9.53 Å². The van der Waals surface area contributed by atoms with Crippen LogP contribution in [-0.2, 0) is 9.53 Å². The van der Waals surface area contributed by atoms with E-state index in [-0.39, 0.29) is 0 Å². The minimum Gasteiger partial charge on any atom is -0.402 e. The topological polar surface area (TPSA) is 41.9 Å². The van der Waals surface area contributed by atoms with Gasteiger partial charge < -0.3 is 9.64 Å². The smallest absolute Gasteiger partial charge is 0.363 e. The Balaban J connectivity index is 1.80. The molecule has 0 bridgehead atoms. The van der Waals surface area contributed by atoms with Crippen molar-refractivity contribution in [3.05, 3.63) is 70.9 Å². The van der Waals surface area contributed by atoms with Gasteiger partial charge in [-0.05, 0) is 55.7 Å². The zero-order chi connectivity index (χ0) is 19.2. The second-order valence-electron chi connectivity index (χ2n) is 6.78. The standard InChI is InChI=1S/C23H26N2O2/c1-4-13-25(14-5-2)20-11-9-18(10-12-20)16-21-23(26)27-22(24-21)19-8-6-7-17(3)15-19/h6-12,15-16H,4-5,13-14H2,1-3H3/b21-16+. The Morgan fingerprint density at radius 2 is 1.74 bits per heavy atom. The maximum Gasteiger partial charge on any atom is 0.363 e. The van der Waals surface area contributed by atoms with E-state index in [1.165, 1.54) is 5.69 Å². The molecule has 0 saturated heterocycles. The number of hydrogen-bond acceptors (Lipinski definition) is 4. The molecule has 0 amide bonds. The molecule has 4 nitrogen and oxygen atoms in total. The Morgan fingerprint density at radius 1 is 1.04 bits per heavy atom. The van der Waals surface area contributed by atoms with Crippen LogP contribution in [0.4, 0.5) is 5.69 Å². The summed E-state index contributed by atoms with van der Waals surface area (Å²) in [5.41, 5.74) is 4.39. The van der Waals surface area contributed by atoms with Crippen LogP contribution in [0, 0.1) is 6.92 Å². The molecule has 3 rings (SSSR count). The lowest BCUT2D eigenvalue weighted by Crippen LogP contribution is -2.24. The molecule has 2 aromatic carbocycles. The summed E-state index contributed by atoms with van der Waals surface area (Å²) < 4.78 is 5.35. The summed E-state index contributed by atoms with van der Waals surface area (Å²) in [4.78, 5) is 19.0. The van der Waals surface area contributed by atoms with Gasteiger partial charge in [-0.2, -0.15) is 0 Å². The highest BCUT2D eigenvalue weighted by atomic mass is 16.6. The van der Waals surface area contributed by atoms with E-state index in [0.717, 1.165) is 42.6 Å². The monoisotopic (exact) mass is 362 g/mol. The molecule has 0 aliphatic carbocycles. The lowest BCUT2D eigenvalue weighted by Gasteiger charge is -2.23. The van der Waals surface area contributed by atoms with Crippen LogP contribution in [0.5, 0.6) is 0 Å². The molecule has 0 atom stereocenters. The molecule has 2 aromatic rings. The average Bonchev–Trinajstić information content (AvgIpc) is 3.03. The van der Waals surface area contributed by atoms with Crippen molar-refractivity contribution in [1.82, 2.24) is 0 Å². The number of anilines is 1. The molecule has 0 aromatic heterocycles. The summed E-state index contributed by atoms with van der Waals surface area (Å²) in [7, 11) is 0. The van der Waals surface area contributed by atoms with Crippen molar-refractivity contribution in [2.75, 3.05) is 18.0 Å². The van der Waals surface area contributed by atoms with Gasteiger partial charge in [-0.3, -0.25) is 0 Å². The van der Waals surface area contributed by atoms with Gasteiger partial charge in [0.1, 0.15) is 0 Å². The third-order valence-electron chi connectivity index (χ3n) is 4.43. The number of esters is 1. The van der Waals surface area contributed by atoms with Crippen LogP contribution in [0.15, 0.2) is 59.2 Å². The van der Waals surface area contributed by atoms with Crippen LogP contribution in [0.25, 0.3) is 6.08 Å². The van der Waals surface area contributed by atoms with Crippen molar-refractivity contribution in [2.24, 2.45) is 4.99 Å². The van der Waals surface area contributed by atoms with Gasteiger partial charge in [0.25, 0.3) is 0 Å². The number of carbonyl (C=O) groups excluding carboxylic acids is 1. The molecule has 1 aliphatic heterocycles. The van der Waals surface area contributed by atoms with Crippen LogP contribution in [-0.4, -0.2) is 25.0 Å². The number of rotatable bonds is 7. The second kappa shape index (κ2) is 8.67. The van der Waals surface area contributed by atoms with Gasteiger partial charge in [0.05, 0.1) is 0 Å². The zero-order valence-electron chi connectivity index (χ0n) is 16.2. The Morgan fingerprint density at radius 3 is 2.37 bits per heavy atom. The first-order valence-electron chi connectivity index (χ1n) is 9.55. The fourth-order valence-corrected chi connectivity index (χ4v) is 3.16. The largest absolute Gasteiger partial charge is 0.402 e. The molecule has 0 fully saturated rings. The third-order valence-corrected chi connectivity index (χ3v) is 4.43. The lowest BCUT2D eigenvalue weighted by molar-refractivity contribution is -0.129. The minimum atomic E-state index is -0.408. The van der Waals surface area contributed by atoms with E-state index in [9.17, 15) is 4.79 Å². The SMILES string of the molecule is CCCN(CCC)c1ccc(/C=C2/N=C(c3cccc(C)c3)OC2=O)cc1. The molecule has 140 valence electrons. The van der Waals surface area contributed by atoms with Crippen LogP contribution in [0.2, 0.25) is 0 Å². The molecule has 4 heteroatoms. The van der Waals surface area contributed by atoms with Crippen LogP contribution < -0.4 is 4.90 Å². The first-order valence-corrected chi connectivity index (χ1v) is 9.55. The van der Waals surface area contributed by atoms with Gasteiger partial charge in [0.15, 0.2) is 5.70 Å². The molecule has 0 spiro atoms. The maximum atomic E-state index is 12.2. The normalized spacial score (nSPS) is 15.0. The van der Waals surface area contributed by atoms with Crippen molar-refractivity contribution in [1.29, 1.82) is 0 Å². The summed E-state index contributed by atoms with van der Waals surface area (Å²) in [5, 5.41) is 0. The molecule has 0 N–H and O–H groups in total. The summed E-state index contributed by atoms with van der Waals surface area (Å²) in [6.45, 7) is 8.48. The van der Waals surface area contributed by atoms with E-state index in [1.54, 1.807) is 6.08 Å². The van der Waals surface area contributed by atoms with Gasteiger partial charge in [-0.15, -0.1) is 0 Å². The highest BCUT2D eigenvalue weighted by Gasteiger charge is 2.24. The number of nitrogens with zero attached hydrogens (tertiary/aromatic N) is 2. The molecule has 0 saturated carbocycles. The Labute approximate surface area is 161 Å². The Hall–Kier alpha value is -2.88. The molecule has 27 heavy (non-hydrogen) atoms. The number of benzene rings is 2. The number of cyclic esters (lactones) is 1. The van der Waals surface area contributed by atoms with Gasteiger partial charge in [0, 0.05) is 24.3 Å². The van der Waals surface area contributed by atoms with E-state index in [2.05, 4.69) is 35.9 Å². The average molecular weight is 362 g/mol. The lowest BCUT2D eigenvalue weighted by atomic mass is 10.1. The number of carbonyl (C=O) groups is 1. The van der Waals surface area contributed by atoms with Crippen LogP contribution in [0.3, 0.4) is 0 Å².